The summed E-state index contributed by atoms with van der Waals surface area (Å²) in [6.07, 6.45) is 2.78. The number of hydrogen-bond donors (Lipinski definition) is 1. The number of thioether (sulfide) groups is 1. The number of amidine groups is 1. The van der Waals surface area contributed by atoms with Crippen LogP contribution in [0.4, 0.5) is 5.69 Å². The summed E-state index contributed by atoms with van der Waals surface area (Å²) in [7, 11) is 0. The highest BCUT2D eigenvalue weighted by atomic mass is 35.5. The van der Waals surface area contributed by atoms with Crippen LogP contribution in [0.5, 0.6) is 0 Å². The van der Waals surface area contributed by atoms with Crippen LogP contribution < -0.4 is 5.32 Å². The molecule has 0 aliphatic carbocycles. The van der Waals surface area contributed by atoms with Gasteiger partial charge in [0.05, 0.1) is 11.5 Å². The molecule has 2 rings (SSSR count). The number of carbonyl (C=O) groups is 1. The first-order valence-electron chi connectivity index (χ1n) is 5.66. The summed E-state index contributed by atoms with van der Waals surface area (Å²) in [5.74, 6) is 0.540. The predicted octanol–water partition coefficient (Wildman–Crippen LogP) is 2.48. The smallest absolute Gasteiger partial charge is 0.288 e. The number of halogens is 1. The molecule has 0 atom stereocenters. The lowest BCUT2D eigenvalue weighted by Gasteiger charge is -1.99. The Labute approximate surface area is 124 Å². The van der Waals surface area contributed by atoms with Crippen molar-refractivity contribution in [2.24, 2.45) is 4.99 Å². The normalized spacial score (nSPS) is 14.3. The largest absolute Gasteiger partial charge is 0.302 e. The molecular formula is C12H10ClN3O3S. The monoisotopic (exact) mass is 311 g/mol. The first-order chi connectivity index (χ1) is 9.56. The number of hydrogen-bond acceptors (Lipinski definition) is 5. The number of aliphatic imine (C=N–C) groups is 1. The minimum absolute atomic E-state index is 0.0633. The zero-order chi connectivity index (χ0) is 14.5. The van der Waals surface area contributed by atoms with Crippen LogP contribution in [0, 0.1) is 10.1 Å². The van der Waals surface area contributed by atoms with Gasteiger partial charge in [0.2, 0.25) is 5.91 Å². The topological polar surface area (TPSA) is 84.6 Å². The fourth-order valence-electron chi connectivity index (χ4n) is 1.50. The van der Waals surface area contributed by atoms with E-state index in [0.717, 1.165) is 5.75 Å². The van der Waals surface area contributed by atoms with Crippen LogP contribution >= 0.6 is 23.4 Å². The van der Waals surface area contributed by atoms with Crippen LogP contribution in [0.1, 0.15) is 5.56 Å². The van der Waals surface area contributed by atoms with Crippen molar-refractivity contribution < 1.29 is 9.72 Å². The molecule has 0 unspecified atom stereocenters. The zero-order valence-corrected chi connectivity index (χ0v) is 11.8. The van der Waals surface area contributed by atoms with Crippen molar-refractivity contribution in [3.63, 3.8) is 0 Å². The number of nitrogens with zero attached hydrogens (tertiary/aromatic N) is 2. The Balaban J connectivity index is 2.05. The molecule has 1 N–H and O–H groups in total. The molecule has 0 saturated carbocycles. The molecule has 0 aromatic heterocycles. The molecule has 0 radical (unpaired) electrons. The van der Waals surface area contributed by atoms with Gasteiger partial charge in [-0.05, 0) is 17.7 Å². The maximum absolute atomic E-state index is 11.6. The van der Waals surface area contributed by atoms with Gasteiger partial charge in [0.25, 0.3) is 5.69 Å². The van der Waals surface area contributed by atoms with Gasteiger partial charge in [-0.15, -0.1) is 0 Å². The van der Waals surface area contributed by atoms with E-state index in [-0.39, 0.29) is 16.6 Å². The molecule has 1 heterocycles. The number of nitro benzene ring substituents is 1. The Bertz CT molecular complexity index is 616. The molecule has 6 nitrogen and oxygen atoms in total. The summed E-state index contributed by atoms with van der Waals surface area (Å²) in [5.41, 5.74) is 0.335. The Hall–Kier alpha value is -1.86. The fourth-order valence-corrected chi connectivity index (χ4v) is 2.42. The number of nitrogens with one attached hydrogen (secondary N) is 1. The molecule has 104 valence electrons. The van der Waals surface area contributed by atoms with Crippen molar-refractivity contribution in [1.82, 2.24) is 5.32 Å². The van der Waals surface area contributed by atoms with E-state index in [1.807, 2.05) is 0 Å². The molecule has 1 aromatic carbocycles. The van der Waals surface area contributed by atoms with E-state index in [4.69, 9.17) is 11.6 Å². The number of rotatable bonds is 3. The molecule has 8 heteroatoms. The first kappa shape index (κ1) is 14.5. The summed E-state index contributed by atoms with van der Waals surface area (Å²) in [5, 5.41) is 14.0. The maximum Gasteiger partial charge on any atom is 0.288 e. The number of amides is 1. The minimum atomic E-state index is -0.566. The van der Waals surface area contributed by atoms with Gasteiger partial charge in [0.15, 0.2) is 5.17 Å². The van der Waals surface area contributed by atoms with Gasteiger partial charge in [0, 0.05) is 17.9 Å². The minimum Gasteiger partial charge on any atom is -0.302 e. The standard InChI is InChI=1S/C12H10ClN3O3S/c13-9-3-1-8(7-10(9)16(18)19)2-4-11(17)15-12-14-5-6-20-12/h1-4,7H,5-6H2,(H,14,15,17)/b4-2+. The quantitative estimate of drug-likeness (QED) is 0.528. The van der Waals surface area contributed by atoms with E-state index in [9.17, 15) is 14.9 Å². The van der Waals surface area contributed by atoms with Gasteiger partial charge in [0.1, 0.15) is 5.02 Å². The van der Waals surface area contributed by atoms with Crippen LogP contribution in [0.2, 0.25) is 5.02 Å². The Morgan fingerprint density at radius 1 is 1.55 bits per heavy atom. The van der Waals surface area contributed by atoms with Crippen molar-refractivity contribution in [3.8, 4) is 0 Å². The van der Waals surface area contributed by atoms with Gasteiger partial charge < -0.3 is 5.32 Å². The van der Waals surface area contributed by atoms with Crippen molar-refractivity contribution in [1.29, 1.82) is 0 Å². The fraction of sp³-hybridized carbons (Fsp3) is 0.167. The second-order valence-corrected chi connectivity index (χ2v) is 5.32. The third-order valence-electron chi connectivity index (χ3n) is 2.41. The van der Waals surface area contributed by atoms with Gasteiger partial charge >= 0.3 is 0 Å². The van der Waals surface area contributed by atoms with Gasteiger partial charge in [-0.25, -0.2) is 0 Å². The lowest BCUT2D eigenvalue weighted by Crippen LogP contribution is -2.25. The summed E-state index contributed by atoms with van der Waals surface area (Å²) < 4.78 is 0. The number of benzene rings is 1. The van der Waals surface area contributed by atoms with Crippen LogP contribution in [-0.4, -0.2) is 28.3 Å². The van der Waals surface area contributed by atoms with E-state index in [1.54, 1.807) is 6.07 Å². The van der Waals surface area contributed by atoms with Gasteiger partial charge in [-0.2, -0.15) is 0 Å². The molecule has 20 heavy (non-hydrogen) atoms. The molecule has 0 spiro atoms. The lowest BCUT2D eigenvalue weighted by molar-refractivity contribution is -0.384. The van der Waals surface area contributed by atoms with Crippen molar-refractivity contribution >= 4 is 46.2 Å². The summed E-state index contributed by atoms with van der Waals surface area (Å²) in [6.45, 7) is 0.702. The molecule has 1 aliphatic heterocycles. The SMILES string of the molecule is O=C(/C=C/c1ccc(Cl)c([N+](=O)[O-])c1)NC1=NCCS1. The number of nitro groups is 1. The van der Waals surface area contributed by atoms with Crippen LogP contribution in [0.3, 0.4) is 0 Å². The summed E-state index contributed by atoms with van der Waals surface area (Å²) in [4.78, 5) is 25.9. The van der Waals surface area contributed by atoms with E-state index in [2.05, 4.69) is 10.3 Å². The molecule has 1 aliphatic rings. The molecule has 1 amide bonds. The Morgan fingerprint density at radius 2 is 2.35 bits per heavy atom. The van der Waals surface area contributed by atoms with Crippen molar-refractivity contribution in [2.45, 2.75) is 0 Å². The Morgan fingerprint density at radius 3 is 3.00 bits per heavy atom. The van der Waals surface area contributed by atoms with Crippen molar-refractivity contribution in [3.05, 3.63) is 45.0 Å². The molecule has 1 aromatic rings. The number of carbonyl (C=O) groups excluding carboxylic acids is 1. The zero-order valence-electron chi connectivity index (χ0n) is 10.2. The van der Waals surface area contributed by atoms with Crippen molar-refractivity contribution in [2.75, 3.05) is 12.3 Å². The Kier molecular flexibility index (Phi) is 4.75. The predicted molar refractivity (Wildman–Crippen MR) is 80.0 cm³/mol. The first-order valence-corrected chi connectivity index (χ1v) is 7.03. The second-order valence-electron chi connectivity index (χ2n) is 3.83. The highest BCUT2D eigenvalue weighted by molar-refractivity contribution is 8.14. The van der Waals surface area contributed by atoms with E-state index >= 15 is 0 Å². The van der Waals surface area contributed by atoms with Crippen LogP contribution in [0.15, 0.2) is 29.3 Å². The third kappa shape index (κ3) is 3.82. The summed E-state index contributed by atoms with van der Waals surface area (Å²) >= 11 is 7.18. The van der Waals surface area contributed by atoms with Gasteiger partial charge in [-0.3, -0.25) is 19.9 Å². The highest BCUT2D eigenvalue weighted by Crippen LogP contribution is 2.25. The molecular weight excluding hydrogens is 302 g/mol. The molecule has 0 saturated heterocycles. The van der Waals surface area contributed by atoms with E-state index in [0.29, 0.717) is 17.3 Å². The third-order valence-corrected chi connectivity index (χ3v) is 3.62. The van der Waals surface area contributed by atoms with Crippen LogP contribution in [0.25, 0.3) is 6.08 Å². The maximum atomic E-state index is 11.6. The second kappa shape index (κ2) is 6.53. The average Bonchev–Trinajstić information content (AvgIpc) is 2.90. The average molecular weight is 312 g/mol. The summed E-state index contributed by atoms with van der Waals surface area (Å²) in [6, 6.07) is 4.34. The van der Waals surface area contributed by atoms with E-state index < -0.39 is 4.92 Å². The highest BCUT2D eigenvalue weighted by Gasteiger charge is 2.12. The molecule has 0 bridgehead atoms. The van der Waals surface area contributed by atoms with E-state index in [1.165, 1.54) is 36.0 Å². The lowest BCUT2D eigenvalue weighted by atomic mass is 10.2. The van der Waals surface area contributed by atoms with Crippen LogP contribution in [-0.2, 0) is 4.79 Å². The molecule has 0 fully saturated rings. The van der Waals surface area contributed by atoms with Gasteiger partial charge in [-0.1, -0.05) is 29.4 Å².